The number of nitriles is 1. The van der Waals surface area contributed by atoms with Gasteiger partial charge in [-0.1, -0.05) is 6.07 Å². The average Bonchev–Trinajstić information content (AvgIpc) is 2.52. The topological polar surface area (TPSA) is 111 Å². The van der Waals surface area contributed by atoms with Gasteiger partial charge in [-0.15, -0.1) is 0 Å². The number of benzene rings is 1. The van der Waals surface area contributed by atoms with Crippen LogP contribution < -0.4 is 4.90 Å². The van der Waals surface area contributed by atoms with Crippen LogP contribution in [-0.4, -0.2) is 76.9 Å². The van der Waals surface area contributed by atoms with Crippen LogP contribution in [0.3, 0.4) is 0 Å². The maximum Gasteiger partial charge on any atom is 0.109 e. The fourth-order valence-corrected chi connectivity index (χ4v) is 2.96. The second-order valence-electron chi connectivity index (χ2n) is 6.09. The van der Waals surface area contributed by atoms with Gasteiger partial charge in [-0.25, -0.2) is 0 Å². The molecule has 1 aromatic carbocycles. The van der Waals surface area contributed by atoms with E-state index in [0.717, 1.165) is 11.3 Å². The summed E-state index contributed by atoms with van der Waals surface area (Å²) >= 11 is 0. The molecule has 0 aliphatic carbocycles. The molecule has 1 aliphatic rings. The second-order valence-corrected chi connectivity index (χ2v) is 6.09. The largest absolute Gasteiger partial charge is 0.395 e. The zero-order valence-corrected chi connectivity index (χ0v) is 13.3. The molecule has 126 valence electrons. The lowest BCUT2D eigenvalue weighted by Gasteiger charge is -2.43. The first-order chi connectivity index (χ1) is 10.9. The SMILES string of the molecule is CN(C)c1ccc(CN2C[C@H](O)[C@@H](O)[C@H](O)[C@@H]2CO)cc1C#N. The van der Waals surface area contributed by atoms with E-state index in [4.69, 9.17) is 0 Å². The first kappa shape index (κ1) is 17.7. The third-order valence-corrected chi connectivity index (χ3v) is 4.26. The molecule has 7 nitrogen and oxygen atoms in total. The highest BCUT2D eigenvalue weighted by molar-refractivity contribution is 5.59. The Bertz CT molecular complexity index is 587. The van der Waals surface area contributed by atoms with Gasteiger partial charge in [-0.2, -0.15) is 5.26 Å². The molecule has 1 aromatic rings. The zero-order valence-electron chi connectivity index (χ0n) is 13.3. The minimum absolute atomic E-state index is 0.140. The van der Waals surface area contributed by atoms with Crippen LogP contribution in [0.15, 0.2) is 18.2 Å². The maximum absolute atomic E-state index is 10.0. The summed E-state index contributed by atoms with van der Waals surface area (Å²) in [5.74, 6) is 0. The normalized spacial score (nSPS) is 28.4. The highest BCUT2D eigenvalue weighted by Gasteiger charge is 2.40. The van der Waals surface area contributed by atoms with E-state index in [-0.39, 0.29) is 13.2 Å². The van der Waals surface area contributed by atoms with Crippen molar-refractivity contribution in [2.24, 2.45) is 0 Å². The number of piperidine rings is 1. The van der Waals surface area contributed by atoms with Gasteiger partial charge >= 0.3 is 0 Å². The minimum Gasteiger partial charge on any atom is -0.395 e. The Morgan fingerprint density at radius 2 is 1.96 bits per heavy atom. The minimum atomic E-state index is -1.27. The van der Waals surface area contributed by atoms with Crippen molar-refractivity contribution in [1.82, 2.24) is 4.90 Å². The summed E-state index contributed by atoms with van der Waals surface area (Å²) < 4.78 is 0. The number of rotatable bonds is 4. The molecule has 1 heterocycles. The summed E-state index contributed by atoms with van der Waals surface area (Å²) in [6.45, 7) is 0.168. The second kappa shape index (κ2) is 7.25. The van der Waals surface area contributed by atoms with Crippen molar-refractivity contribution >= 4 is 5.69 Å². The van der Waals surface area contributed by atoms with E-state index in [1.165, 1.54) is 0 Å². The van der Waals surface area contributed by atoms with Crippen LogP contribution in [-0.2, 0) is 6.54 Å². The van der Waals surface area contributed by atoms with E-state index < -0.39 is 24.4 Å². The molecule has 7 heteroatoms. The van der Waals surface area contributed by atoms with Crippen LogP contribution >= 0.6 is 0 Å². The van der Waals surface area contributed by atoms with E-state index >= 15 is 0 Å². The Kier molecular flexibility index (Phi) is 5.57. The highest BCUT2D eigenvalue weighted by Crippen LogP contribution is 2.24. The lowest BCUT2D eigenvalue weighted by Crippen LogP contribution is -2.62. The number of β-amino-alcohol motifs (C(OH)–C–C–N with tert-alkyl or cyclic N) is 1. The Balaban J connectivity index is 2.22. The fraction of sp³-hybridized carbons (Fsp3) is 0.562. The van der Waals surface area contributed by atoms with Crippen LogP contribution in [0.4, 0.5) is 5.69 Å². The van der Waals surface area contributed by atoms with Gasteiger partial charge in [-0.3, -0.25) is 4.90 Å². The van der Waals surface area contributed by atoms with E-state index in [1.807, 2.05) is 31.1 Å². The molecule has 0 bridgehead atoms. The van der Waals surface area contributed by atoms with Crippen molar-refractivity contribution in [3.05, 3.63) is 29.3 Å². The molecule has 1 saturated heterocycles. The van der Waals surface area contributed by atoms with Crippen LogP contribution in [0, 0.1) is 11.3 Å². The van der Waals surface area contributed by atoms with E-state index in [9.17, 15) is 25.7 Å². The number of hydrogen-bond acceptors (Lipinski definition) is 7. The molecular weight excluding hydrogens is 298 g/mol. The Hall–Kier alpha value is -1.69. The summed E-state index contributed by atoms with van der Waals surface area (Å²) in [7, 11) is 3.72. The third-order valence-electron chi connectivity index (χ3n) is 4.26. The summed E-state index contributed by atoms with van der Waals surface area (Å²) in [6.07, 6.45) is -3.57. The standard InChI is InChI=1S/C16H23N3O4/c1-18(2)12-4-3-10(5-11(12)6-17)7-19-8-14(21)16(23)15(22)13(19)9-20/h3-5,13-16,20-23H,7-9H2,1-2H3/t13-,14-,15+,16+/m0/s1. The van der Waals surface area contributed by atoms with Gasteiger partial charge in [-0.05, 0) is 17.7 Å². The molecule has 1 aliphatic heterocycles. The fourth-order valence-electron chi connectivity index (χ4n) is 2.96. The molecule has 0 aromatic heterocycles. The van der Waals surface area contributed by atoms with Crippen LogP contribution in [0.25, 0.3) is 0 Å². The van der Waals surface area contributed by atoms with Gasteiger partial charge in [0.15, 0.2) is 0 Å². The first-order valence-corrected chi connectivity index (χ1v) is 7.48. The lowest BCUT2D eigenvalue weighted by atomic mass is 9.93. The van der Waals surface area contributed by atoms with Gasteiger partial charge in [0.25, 0.3) is 0 Å². The third kappa shape index (κ3) is 3.63. The van der Waals surface area contributed by atoms with Crippen molar-refractivity contribution in [2.75, 3.05) is 32.1 Å². The summed E-state index contributed by atoms with van der Waals surface area (Å²) in [6, 6.07) is 6.96. The molecular formula is C16H23N3O4. The molecule has 0 spiro atoms. The van der Waals surface area contributed by atoms with E-state index in [0.29, 0.717) is 12.1 Å². The van der Waals surface area contributed by atoms with Crippen molar-refractivity contribution in [3.8, 4) is 6.07 Å². The van der Waals surface area contributed by atoms with Crippen molar-refractivity contribution in [3.63, 3.8) is 0 Å². The number of aliphatic hydroxyl groups excluding tert-OH is 4. The summed E-state index contributed by atoms with van der Waals surface area (Å²) in [5, 5.41) is 48.3. The average molecular weight is 321 g/mol. The van der Waals surface area contributed by atoms with Gasteiger partial charge in [0, 0.05) is 27.2 Å². The summed E-state index contributed by atoms with van der Waals surface area (Å²) in [4.78, 5) is 3.57. The molecule has 4 atom stereocenters. The number of aliphatic hydroxyl groups is 4. The molecule has 2 rings (SSSR count). The smallest absolute Gasteiger partial charge is 0.109 e. The highest BCUT2D eigenvalue weighted by atomic mass is 16.4. The molecule has 0 amide bonds. The monoisotopic (exact) mass is 321 g/mol. The Labute approximate surface area is 135 Å². The molecule has 23 heavy (non-hydrogen) atoms. The van der Waals surface area contributed by atoms with Crippen LogP contribution in [0.2, 0.25) is 0 Å². The number of anilines is 1. The maximum atomic E-state index is 10.0. The first-order valence-electron chi connectivity index (χ1n) is 7.48. The predicted molar refractivity (Wildman–Crippen MR) is 84.8 cm³/mol. The number of hydrogen-bond donors (Lipinski definition) is 4. The Morgan fingerprint density at radius 1 is 1.26 bits per heavy atom. The quantitative estimate of drug-likeness (QED) is 0.556. The Morgan fingerprint density at radius 3 is 2.52 bits per heavy atom. The van der Waals surface area contributed by atoms with Gasteiger partial charge < -0.3 is 25.3 Å². The van der Waals surface area contributed by atoms with Gasteiger partial charge in [0.05, 0.1) is 30.0 Å². The number of nitrogens with zero attached hydrogens (tertiary/aromatic N) is 3. The predicted octanol–water partition coefficient (Wildman–Crippen LogP) is -1.12. The van der Waals surface area contributed by atoms with Crippen LogP contribution in [0.5, 0.6) is 0 Å². The van der Waals surface area contributed by atoms with Gasteiger partial charge in [0.2, 0.25) is 0 Å². The summed E-state index contributed by atoms with van der Waals surface area (Å²) in [5.41, 5.74) is 2.18. The van der Waals surface area contributed by atoms with Crippen LogP contribution in [0.1, 0.15) is 11.1 Å². The number of likely N-dealkylation sites (tertiary alicyclic amines) is 1. The molecule has 0 radical (unpaired) electrons. The van der Waals surface area contributed by atoms with E-state index in [2.05, 4.69) is 6.07 Å². The van der Waals surface area contributed by atoms with Crippen molar-refractivity contribution in [1.29, 1.82) is 5.26 Å². The lowest BCUT2D eigenvalue weighted by molar-refractivity contribution is -0.147. The van der Waals surface area contributed by atoms with Crippen molar-refractivity contribution in [2.45, 2.75) is 30.9 Å². The zero-order chi connectivity index (χ0) is 17.1. The molecule has 4 N–H and O–H groups in total. The molecule has 0 unspecified atom stereocenters. The molecule has 1 fully saturated rings. The van der Waals surface area contributed by atoms with Gasteiger partial charge in [0.1, 0.15) is 18.3 Å². The molecule has 0 saturated carbocycles. The van der Waals surface area contributed by atoms with E-state index in [1.54, 1.807) is 11.0 Å². The van der Waals surface area contributed by atoms with Crippen molar-refractivity contribution < 1.29 is 20.4 Å².